The van der Waals surface area contributed by atoms with Crippen molar-refractivity contribution in [2.45, 2.75) is 12.3 Å². The van der Waals surface area contributed by atoms with Gasteiger partial charge in [-0.3, -0.25) is 0 Å². The predicted octanol–water partition coefficient (Wildman–Crippen LogP) is 0.223. The van der Waals surface area contributed by atoms with Gasteiger partial charge in [0.1, 0.15) is 5.82 Å². The molecule has 5 nitrogen and oxygen atoms in total. The Balaban J connectivity index is 2.44. The molecule has 1 aromatic heterocycles. The number of rotatable bonds is 1. The molecule has 1 aliphatic rings. The molecule has 2 heterocycles. The van der Waals surface area contributed by atoms with Gasteiger partial charge in [0.25, 0.3) is 0 Å². The Labute approximate surface area is 72.8 Å². The fraction of sp³-hybridized carbons (Fsp3) is 0.500. The van der Waals surface area contributed by atoms with Crippen molar-refractivity contribution in [2.24, 2.45) is 0 Å². The average molecular weight is 185 g/mol. The Morgan fingerprint density at radius 1 is 1.58 bits per heavy atom. The summed E-state index contributed by atoms with van der Waals surface area (Å²) in [6.07, 6.45) is 0. The first kappa shape index (κ1) is 7.60. The number of carboxylic acids is 1. The van der Waals surface area contributed by atoms with Gasteiger partial charge in [-0.1, -0.05) is 0 Å². The van der Waals surface area contributed by atoms with Crippen LogP contribution in [-0.2, 0) is 12.3 Å². The van der Waals surface area contributed by atoms with E-state index in [-0.39, 0.29) is 5.82 Å². The predicted molar refractivity (Wildman–Crippen MR) is 43.1 cm³/mol. The van der Waals surface area contributed by atoms with Crippen molar-refractivity contribution in [3.8, 4) is 0 Å². The lowest BCUT2D eigenvalue weighted by Crippen LogP contribution is -2.16. The lowest BCUT2D eigenvalue weighted by atomic mass is 10.5. The van der Waals surface area contributed by atoms with Crippen LogP contribution >= 0.6 is 11.8 Å². The molecule has 0 radical (unpaired) electrons. The van der Waals surface area contributed by atoms with E-state index in [2.05, 4.69) is 10.2 Å². The van der Waals surface area contributed by atoms with Crippen molar-refractivity contribution in [1.82, 2.24) is 14.8 Å². The summed E-state index contributed by atoms with van der Waals surface area (Å²) in [6.45, 7) is 0.703. The Kier molecular flexibility index (Phi) is 1.76. The Morgan fingerprint density at radius 2 is 2.42 bits per heavy atom. The van der Waals surface area contributed by atoms with Crippen molar-refractivity contribution in [3.05, 3.63) is 11.6 Å². The summed E-state index contributed by atoms with van der Waals surface area (Å²) in [5.74, 6) is 1.53. The van der Waals surface area contributed by atoms with Gasteiger partial charge < -0.3 is 9.67 Å². The van der Waals surface area contributed by atoms with Gasteiger partial charge in [-0.05, 0) is 0 Å². The normalized spacial score (nSPS) is 15.7. The fourth-order valence-corrected chi connectivity index (χ4v) is 2.01. The molecule has 0 amide bonds. The van der Waals surface area contributed by atoms with E-state index in [1.54, 1.807) is 16.3 Å². The molecule has 12 heavy (non-hydrogen) atoms. The largest absolute Gasteiger partial charge is 0.475 e. The van der Waals surface area contributed by atoms with E-state index in [0.717, 1.165) is 17.3 Å². The van der Waals surface area contributed by atoms with E-state index in [1.165, 1.54) is 0 Å². The molecule has 0 saturated carbocycles. The minimum Gasteiger partial charge on any atom is -0.475 e. The maximum absolute atomic E-state index is 10.6. The van der Waals surface area contributed by atoms with Gasteiger partial charge in [-0.2, -0.15) is 11.8 Å². The average Bonchev–Trinajstić information content (AvgIpc) is 2.47. The number of nitrogens with zero attached hydrogens (tertiary/aromatic N) is 3. The zero-order valence-electron chi connectivity index (χ0n) is 6.23. The summed E-state index contributed by atoms with van der Waals surface area (Å²) >= 11 is 1.75. The van der Waals surface area contributed by atoms with E-state index in [0.29, 0.717) is 6.54 Å². The third-order valence-corrected chi connectivity index (χ3v) is 2.64. The zero-order chi connectivity index (χ0) is 8.55. The van der Waals surface area contributed by atoms with E-state index in [4.69, 9.17) is 5.11 Å². The maximum atomic E-state index is 10.6. The molecule has 0 fully saturated rings. The molecule has 0 saturated heterocycles. The van der Waals surface area contributed by atoms with Crippen LogP contribution in [0.4, 0.5) is 0 Å². The van der Waals surface area contributed by atoms with E-state index in [1.807, 2.05) is 0 Å². The van der Waals surface area contributed by atoms with Crippen molar-refractivity contribution < 1.29 is 9.90 Å². The number of hydrogen-bond donors (Lipinski definition) is 1. The summed E-state index contributed by atoms with van der Waals surface area (Å²) in [7, 11) is 0. The van der Waals surface area contributed by atoms with Crippen molar-refractivity contribution in [2.75, 3.05) is 5.75 Å². The first-order chi connectivity index (χ1) is 5.79. The van der Waals surface area contributed by atoms with Gasteiger partial charge in [-0.15, -0.1) is 10.2 Å². The SMILES string of the molecule is O=C(O)c1nnc2n1CCSC2. The standard InChI is InChI=1S/C6H7N3O2S/c10-6(11)5-8-7-4-3-12-2-1-9(4)5/h1-3H2,(H,10,11). The highest BCUT2D eigenvalue weighted by molar-refractivity contribution is 7.98. The molecule has 0 aromatic carbocycles. The minimum atomic E-state index is -0.999. The van der Waals surface area contributed by atoms with Crippen LogP contribution in [0.5, 0.6) is 0 Å². The summed E-state index contributed by atoms with van der Waals surface area (Å²) in [4.78, 5) is 10.6. The lowest BCUT2D eigenvalue weighted by Gasteiger charge is -2.12. The van der Waals surface area contributed by atoms with Gasteiger partial charge >= 0.3 is 5.97 Å². The van der Waals surface area contributed by atoms with Crippen LogP contribution in [0, 0.1) is 0 Å². The number of carboxylic acid groups (broad SMARTS) is 1. The van der Waals surface area contributed by atoms with Gasteiger partial charge in [0.05, 0.1) is 5.75 Å². The molecule has 1 aliphatic heterocycles. The van der Waals surface area contributed by atoms with Crippen LogP contribution in [0.2, 0.25) is 0 Å². The van der Waals surface area contributed by atoms with Gasteiger partial charge in [-0.25, -0.2) is 4.79 Å². The molecular weight excluding hydrogens is 178 g/mol. The quantitative estimate of drug-likeness (QED) is 0.678. The van der Waals surface area contributed by atoms with Crippen LogP contribution in [0.1, 0.15) is 16.4 Å². The first-order valence-electron chi connectivity index (χ1n) is 3.52. The summed E-state index contributed by atoms with van der Waals surface area (Å²) in [5.41, 5.74) is 0. The van der Waals surface area contributed by atoms with Crippen molar-refractivity contribution >= 4 is 17.7 Å². The molecule has 6 heteroatoms. The molecule has 64 valence electrons. The molecule has 0 atom stereocenters. The third-order valence-electron chi connectivity index (χ3n) is 1.71. The summed E-state index contributed by atoms with van der Waals surface area (Å²) in [6, 6.07) is 0. The van der Waals surface area contributed by atoms with Crippen molar-refractivity contribution in [3.63, 3.8) is 0 Å². The Hall–Kier alpha value is -1.04. The Bertz CT molecular complexity index is 323. The smallest absolute Gasteiger partial charge is 0.374 e. The maximum Gasteiger partial charge on any atom is 0.374 e. The number of aromatic nitrogens is 3. The van der Waals surface area contributed by atoms with E-state index >= 15 is 0 Å². The zero-order valence-corrected chi connectivity index (χ0v) is 7.04. The lowest BCUT2D eigenvalue weighted by molar-refractivity contribution is 0.0677. The molecular formula is C6H7N3O2S. The third kappa shape index (κ3) is 1.08. The van der Waals surface area contributed by atoms with Gasteiger partial charge in [0.2, 0.25) is 5.82 Å². The van der Waals surface area contributed by atoms with E-state index in [9.17, 15) is 4.79 Å². The highest BCUT2D eigenvalue weighted by atomic mass is 32.2. The minimum absolute atomic E-state index is 0.0605. The van der Waals surface area contributed by atoms with Crippen LogP contribution < -0.4 is 0 Å². The molecule has 1 N–H and O–H groups in total. The van der Waals surface area contributed by atoms with Gasteiger partial charge in [0, 0.05) is 12.3 Å². The van der Waals surface area contributed by atoms with Crippen LogP contribution in [-0.4, -0.2) is 31.6 Å². The van der Waals surface area contributed by atoms with Crippen LogP contribution in [0.15, 0.2) is 0 Å². The molecule has 1 aromatic rings. The van der Waals surface area contributed by atoms with Crippen LogP contribution in [0.25, 0.3) is 0 Å². The molecule has 2 rings (SSSR count). The highest BCUT2D eigenvalue weighted by Gasteiger charge is 2.19. The monoisotopic (exact) mass is 185 g/mol. The second-order valence-corrected chi connectivity index (χ2v) is 3.55. The summed E-state index contributed by atoms with van der Waals surface area (Å²) in [5, 5.41) is 16.1. The molecule has 0 bridgehead atoms. The Morgan fingerprint density at radius 3 is 3.17 bits per heavy atom. The van der Waals surface area contributed by atoms with E-state index < -0.39 is 5.97 Å². The van der Waals surface area contributed by atoms with Crippen molar-refractivity contribution in [1.29, 1.82) is 0 Å². The first-order valence-corrected chi connectivity index (χ1v) is 4.67. The van der Waals surface area contributed by atoms with Crippen LogP contribution in [0.3, 0.4) is 0 Å². The second kappa shape index (κ2) is 2.78. The molecule has 0 aliphatic carbocycles. The topological polar surface area (TPSA) is 68.0 Å². The number of hydrogen-bond acceptors (Lipinski definition) is 4. The summed E-state index contributed by atoms with van der Waals surface area (Å²) < 4.78 is 1.67. The number of thioether (sulfide) groups is 1. The molecule has 0 unspecified atom stereocenters. The fourth-order valence-electron chi connectivity index (χ4n) is 1.15. The number of fused-ring (bicyclic) bond motifs is 1. The molecule has 0 spiro atoms. The number of aromatic carboxylic acids is 1. The van der Waals surface area contributed by atoms with Gasteiger partial charge in [0.15, 0.2) is 0 Å². The highest BCUT2D eigenvalue weighted by Crippen LogP contribution is 2.18. The number of carbonyl (C=O) groups is 1. The second-order valence-electron chi connectivity index (χ2n) is 2.45.